The van der Waals surface area contributed by atoms with E-state index in [-0.39, 0.29) is 5.97 Å². The fourth-order valence-corrected chi connectivity index (χ4v) is 0. The zero-order chi connectivity index (χ0) is 8.57. The monoisotopic (exact) mass is 178 g/mol. The van der Waals surface area contributed by atoms with Crippen molar-refractivity contribution in [1.29, 1.82) is 0 Å². The highest BCUT2D eigenvalue weighted by atomic mass is 28.2. The molecule has 0 radical (unpaired) electrons. The van der Waals surface area contributed by atoms with Crippen LogP contribution in [0.15, 0.2) is 12.3 Å². The molecule has 0 rings (SSSR count). The molecule has 10 heavy (non-hydrogen) atoms. The van der Waals surface area contributed by atoms with Crippen molar-refractivity contribution < 1.29 is 13.6 Å². The quantitative estimate of drug-likeness (QED) is 0.368. The van der Waals surface area contributed by atoms with Crippen molar-refractivity contribution in [1.82, 2.24) is 0 Å². The van der Waals surface area contributed by atoms with E-state index in [1.54, 1.807) is 0 Å². The lowest BCUT2D eigenvalue weighted by atomic mass is 10.7. The average molecular weight is 178 g/mol. The second kappa shape index (κ2) is 8.44. The Morgan fingerprint density at radius 2 is 1.50 bits per heavy atom. The highest BCUT2D eigenvalue weighted by Crippen LogP contribution is 1.79. The van der Waals surface area contributed by atoms with E-state index in [0.717, 1.165) is 16.2 Å². The second-order valence-electron chi connectivity index (χ2n) is 1.60. The van der Waals surface area contributed by atoms with Gasteiger partial charge in [0.2, 0.25) is 21.0 Å². The Morgan fingerprint density at radius 3 is 1.50 bits per heavy atom. The summed E-state index contributed by atoms with van der Waals surface area (Å²) in [5, 5.41) is 0. The predicted octanol–water partition coefficient (Wildman–Crippen LogP) is -1.35. The second-order valence-corrected chi connectivity index (χ2v) is 2.42. The van der Waals surface area contributed by atoms with Crippen molar-refractivity contribution in [3.05, 3.63) is 12.3 Å². The van der Waals surface area contributed by atoms with Crippen LogP contribution in [-0.4, -0.2) is 26.9 Å². The van der Waals surface area contributed by atoms with Crippen LogP contribution in [0, 0.1) is 0 Å². The summed E-state index contributed by atoms with van der Waals surface area (Å²) in [6.45, 7) is 6.72. The van der Waals surface area contributed by atoms with Crippen molar-refractivity contribution in [2.45, 2.75) is 13.8 Å². The van der Waals surface area contributed by atoms with Crippen LogP contribution in [0.4, 0.5) is 0 Å². The van der Waals surface area contributed by atoms with Gasteiger partial charge in [0.1, 0.15) is 0 Å². The Bertz CT molecular complexity index is 99.5. The highest BCUT2D eigenvalue weighted by Gasteiger charge is 1.74. The maximum absolute atomic E-state index is 9.62. The molecule has 0 fully saturated rings. The molecule has 0 saturated carbocycles. The van der Waals surface area contributed by atoms with Crippen LogP contribution in [0.5, 0.6) is 0 Å². The molecule has 0 amide bonds. The molecule has 0 aliphatic heterocycles. The van der Waals surface area contributed by atoms with Gasteiger partial charge in [-0.2, -0.15) is 0 Å². The maximum atomic E-state index is 9.62. The van der Waals surface area contributed by atoms with Gasteiger partial charge in [-0.1, -0.05) is 6.58 Å². The standard InChI is InChI=1S/C3H8OSi.C2H6O2Si/c1-3(2)4-5;1-2(3)4-5/h1H2,2,5H3;1,5H3. The van der Waals surface area contributed by atoms with Crippen LogP contribution in [0.25, 0.3) is 0 Å². The Labute approximate surface area is 67.5 Å². The molecule has 60 valence electrons. The van der Waals surface area contributed by atoms with Crippen LogP contribution in [0.2, 0.25) is 0 Å². The average Bonchev–Trinajstić information content (AvgIpc) is 1.89. The molecular weight excluding hydrogens is 164 g/mol. The third kappa shape index (κ3) is 26.1. The van der Waals surface area contributed by atoms with E-state index in [0.29, 0.717) is 10.5 Å². The molecule has 3 nitrogen and oxygen atoms in total. The zero-order valence-electron chi connectivity index (χ0n) is 6.93. The van der Waals surface area contributed by atoms with Gasteiger partial charge in [-0.3, -0.25) is 4.79 Å². The van der Waals surface area contributed by atoms with Gasteiger partial charge in [0.15, 0.2) is 0 Å². The van der Waals surface area contributed by atoms with Gasteiger partial charge in [0, 0.05) is 6.92 Å². The molecule has 0 atom stereocenters. The van der Waals surface area contributed by atoms with Crippen LogP contribution in [-0.2, 0) is 13.6 Å². The maximum Gasteiger partial charge on any atom is 0.288 e. The number of hydrogen-bond acceptors (Lipinski definition) is 3. The molecule has 5 heteroatoms. The smallest absolute Gasteiger partial charge is 0.288 e. The third-order valence-electron chi connectivity index (χ3n) is 0.636. The lowest BCUT2D eigenvalue weighted by molar-refractivity contribution is -0.131. The Morgan fingerprint density at radius 1 is 1.30 bits per heavy atom. The lowest BCUT2D eigenvalue weighted by Gasteiger charge is -1.89. The zero-order valence-corrected chi connectivity index (χ0v) is 10.9. The Kier molecular flexibility index (Phi) is 10.3. The Balaban J connectivity index is 0. The van der Waals surface area contributed by atoms with Gasteiger partial charge in [-0.15, -0.1) is 0 Å². The van der Waals surface area contributed by atoms with E-state index in [9.17, 15) is 4.79 Å². The highest BCUT2D eigenvalue weighted by molar-refractivity contribution is 6.04. The fraction of sp³-hybridized carbons (Fsp3) is 0.400. The largest absolute Gasteiger partial charge is 0.557 e. The summed E-state index contributed by atoms with van der Waals surface area (Å²) in [6.07, 6.45) is 0. The molecule has 0 spiro atoms. The molecule has 0 unspecified atom stereocenters. The van der Waals surface area contributed by atoms with Crippen molar-refractivity contribution in [3.63, 3.8) is 0 Å². The van der Waals surface area contributed by atoms with E-state index < -0.39 is 0 Å². The van der Waals surface area contributed by atoms with Crippen molar-refractivity contribution in [2.24, 2.45) is 0 Å². The first-order valence-electron chi connectivity index (χ1n) is 2.78. The number of carbonyl (C=O) groups is 1. The molecule has 0 aromatic carbocycles. The van der Waals surface area contributed by atoms with E-state index in [2.05, 4.69) is 11.0 Å². The molecule has 0 heterocycles. The molecule has 0 N–H and O–H groups in total. The van der Waals surface area contributed by atoms with Crippen LogP contribution in [0.3, 0.4) is 0 Å². The van der Waals surface area contributed by atoms with Crippen molar-refractivity contribution in [3.8, 4) is 0 Å². The normalized spacial score (nSPS) is 7.40. The number of hydrogen-bond donors (Lipinski definition) is 0. The molecule has 0 aromatic heterocycles. The molecule has 0 aliphatic rings. The first-order valence-corrected chi connectivity index (χ1v) is 4.42. The van der Waals surface area contributed by atoms with Crippen molar-refractivity contribution in [2.75, 3.05) is 0 Å². The summed E-state index contributed by atoms with van der Waals surface area (Å²) in [4.78, 5) is 9.62. The van der Waals surface area contributed by atoms with Gasteiger partial charge in [0.25, 0.3) is 5.97 Å². The van der Waals surface area contributed by atoms with Gasteiger partial charge in [0.05, 0.1) is 5.76 Å². The van der Waals surface area contributed by atoms with Gasteiger partial charge in [-0.25, -0.2) is 0 Å². The summed E-state index contributed by atoms with van der Waals surface area (Å²) >= 11 is 0. The minimum Gasteiger partial charge on any atom is -0.557 e. The topological polar surface area (TPSA) is 35.5 Å². The summed E-state index contributed by atoms with van der Waals surface area (Å²) in [7, 11) is 1.30. The van der Waals surface area contributed by atoms with E-state index >= 15 is 0 Å². The molecular formula is C5H14O3Si2. The first kappa shape index (κ1) is 12.2. The van der Waals surface area contributed by atoms with Crippen LogP contribution in [0.1, 0.15) is 13.8 Å². The van der Waals surface area contributed by atoms with Gasteiger partial charge < -0.3 is 8.85 Å². The van der Waals surface area contributed by atoms with E-state index in [1.165, 1.54) is 6.92 Å². The van der Waals surface area contributed by atoms with Gasteiger partial charge >= 0.3 is 0 Å². The number of allylic oxidation sites excluding steroid dienone is 1. The summed E-state index contributed by atoms with van der Waals surface area (Å²) in [6, 6.07) is 0. The lowest BCUT2D eigenvalue weighted by Crippen LogP contribution is -1.90. The van der Waals surface area contributed by atoms with Crippen molar-refractivity contribution >= 4 is 26.9 Å². The SMILES string of the molecule is C=C(C)O[SiH3].CC(=O)O[SiH3]. The fourth-order valence-electron chi connectivity index (χ4n) is 0. The van der Waals surface area contributed by atoms with Crippen LogP contribution < -0.4 is 0 Å². The van der Waals surface area contributed by atoms with Crippen LogP contribution >= 0.6 is 0 Å². The molecule has 0 aromatic rings. The van der Waals surface area contributed by atoms with Gasteiger partial charge in [-0.05, 0) is 6.92 Å². The summed E-state index contributed by atoms with van der Waals surface area (Å²) in [5.74, 6) is 0.633. The minimum atomic E-state index is -0.184. The van der Waals surface area contributed by atoms with E-state index in [1.807, 2.05) is 6.92 Å². The Hall–Kier alpha value is -0.556. The number of carbonyl (C=O) groups excluding carboxylic acids is 1. The van der Waals surface area contributed by atoms with E-state index in [4.69, 9.17) is 4.43 Å². The number of rotatable bonds is 1. The molecule has 0 bridgehead atoms. The summed E-state index contributed by atoms with van der Waals surface area (Å²) in [5.41, 5.74) is 0. The molecule has 0 aliphatic carbocycles. The summed E-state index contributed by atoms with van der Waals surface area (Å²) < 4.78 is 8.94. The predicted molar refractivity (Wildman–Crippen MR) is 47.5 cm³/mol. The first-order chi connectivity index (χ1) is 4.54. The molecule has 0 saturated heterocycles. The third-order valence-corrected chi connectivity index (χ3v) is 1.91. The minimum absolute atomic E-state index is 0.184.